The Kier molecular flexibility index (Phi) is 9.83. The van der Waals surface area contributed by atoms with Crippen molar-refractivity contribution in [1.82, 2.24) is 24.9 Å². The summed E-state index contributed by atoms with van der Waals surface area (Å²) < 4.78 is 33.9. The highest BCUT2D eigenvalue weighted by molar-refractivity contribution is 7.89. The second-order valence-electron chi connectivity index (χ2n) is 13.7. The second-order valence-corrected chi connectivity index (χ2v) is 15.6. The first-order valence-corrected chi connectivity index (χ1v) is 17.9. The summed E-state index contributed by atoms with van der Waals surface area (Å²) in [5, 5.41) is 6.53. The fraction of sp³-hybridized carbons (Fsp3) is 0.545. The van der Waals surface area contributed by atoms with E-state index in [1.54, 1.807) is 12.1 Å². The molecule has 2 aromatic rings. The van der Waals surface area contributed by atoms with Crippen molar-refractivity contribution >= 4 is 39.8 Å². The van der Waals surface area contributed by atoms with Crippen LogP contribution in [-0.4, -0.2) is 118 Å². The monoisotopic (exact) mass is 683 g/mol. The lowest BCUT2D eigenvalue weighted by molar-refractivity contribution is -0.137. The molecule has 4 aliphatic rings. The average molecular weight is 684 g/mol. The molecule has 3 fully saturated rings. The highest BCUT2D eigenvalue weighted by Gasteiger charge is 2.36. The Labute approximate surface area is 281 Å². The Bertz CT molecular complexity index is 1610. The zero-order valence-corrected chi connectivity index (χ0v) is 28.6. The van der Waals surface area contributed by atoms with Gasteiger partial charge < -0.3 is 25.2 Å². The van der Waals surface area contributed by atoms with E-state index in [-0.39, 0.29) is 18.7 Å². The van der Waals surface area contributed by atoms with Crippen molar-refractivity contribution in [1.29, 1.82) is 0 Å². The first-order chi connectivity index (χ1) is 22.9. The van der Waals surface area contributed by atoms with Gasteiger partial charge >= 0.3 is 6.09 Å². The van der Waals surface area contributed by atoms with Crippen LogP contribution < -0.4 is 20.4 Å². The summed E-state index contributed by atoms with van der Waals surface area (Å²) in [7, 11) is -3.66. The maximum Gasteiger partial charge on any atom is 0.407 e. The fourth-order valence-corrected chi connectivity index (χ4v) is 8.19. The van der Waals surface area contributed by atoms with Gasteiger partial charge in [-0.1, -0.05) is 6.07 Å². The Balaban J connectivity index is 0.970. The summed E-state index contributed by atoms with van der Waals surface area (Å²) in [5.41, 5.74) is 2.92. The van der Waals surface area contributed by atoms with Crippen LogP contribution in [0.2, 0.25) is 0 Å². The molecule has 2 N–H and O–H groups in total. The molecule has 15 heteroatoms. The molecule has 4 aliphatic heterocycles. The van der Waals surface area contributed by atoms with E-state index in [0.29, 0.717) is 55.4 Å². The van der Waals surface area contributed by atoms with Crippen molar-refractivity contribution in [3.05, 3.63) is 53.6 Å². The van der Waals surface area contributed by atoms with E-state index in [1.807, 2.05) is 45.0 Å². The smallest absolute Gasteiger partial charge is 0.407 e. The molecule has 0 aromatic heterocycles. The summed E-state index contributed by atoms with van der Waals surface area (Å²) in [6.45, 7) is 11.6. The van der Waals surface area contributed by atoms with Gasteiger partial charge in [0.25, 0.3) is 5.91 Å². The number of nitrogens with one attached hydrogen (secondary N) is 2. The maximum atomic E-state index is 13.5. The number of amides is 3. The topological polar surface area (TPSA) is 144 Å². The molecular weight excluding hydrogens is 638 g/mol. The Morgan fingerprint density at radius 3 is 2.35 bits per heavy atom. The summed E-state index contributed by atoms with van der Waals surface area (Å²) in [6, 6.07) is 13.4. The molecular formula is C33H45N7O7S. The lowest BCUT2D eigenvalue weighted by atomic mass is 10.0. The van der Waals surface area contributed by atoms with Gasteiger partial charge in [-0.25, -0.2) is 23.1 Å². The lowest BCUT2D eigenvalue weighted by Gasteiger charge is -2.49. The summed E-state index contributed by atoms with van der Waals surface area (Å²) in [5.74, 6) is -0.207. The molecule has 6 rings (SSSR count). The standard InChI is InChI=1S/C33H45N7O7S/c1-33(2,3)47-32(43)35-25-9-11-39(12-10-25)48(44,45)29-6-4-5-26(18-29)38-20-28(21-38)37-15-13-36(14-16-37)27-7-8-30-24(17-27)19-40(31(30)42)46-23-34-22-41/h4-8,17-18,22,25,28H,9-16,19-21,23H2,1-3H3,(H,34,41)(H,35,43). The van der Waals surface area contributed by atoms with Crippen molar-refractivity contribution in [3.63, 3.8) is 0 Å². The number of rotatable bonds is 10. The highest BCUT2D eigenvalue weighted by Crippen LogP contribution is 2.31. The molecule has 260 valence electrons. The molecule has 0 unspecified atom stereocenters. The van der Waals surface area contributed by atoms with Crippen molar-refractivity contribution in [2.24, 2.45) is 0 Å². The van der Waals surface area contributed by atoms with Crippen molar-refractivity contribution in [2.45, 2.75) is 62.7 Å². The molecule has 0 saturated carbocycles. The Morgan fingerprint density at radius 1 is 0.958 bits per heavy atom. The molecule has 0 bridgehead atoms. The Morgan fingerprint density at radius 2 is 1.67 bits per heavy atom. The van der Waals surface area contributed by atoms with E-state index in [4.69, 9.17) is 9.57 Å². The number of hydroxylamine groups is 2. The fourth-order valence-electron chi connectivity index (χ4n) is 6.68. The van der Waals surface area contributed by atoms with Gasteiger partial charge in [-0.15, -0.1) is 0 Å². The molecule has 0 atom stereocenters. The summed E-state index contributed by atoms with van der Waals surface area (Å²) in [6.07, 6.45) is 1.11. The molecule has 4 heterocycles. The number of piperidine rings is 1. The van der Waals surface area contributed by atoms with Crippen LogP contribution in [0.5, 0.6) is 0 Å². The number of ether oxygens (including phenoxy) is 1. The van der Waals surface area contributed by atoms with Gasteiger partial charge in [-0.05, 0) is 75.6 Å². The van der Waals surface area contributed by atoms with Gasteiger partial charge in [0.2, 0.25) is 16.4 Å². The number of hydrogen-bond donors (Lipinski definition) is 2. The van der Waals surface area contributed by atoms with E-state index < -0.39 is 21.7 Å². The molecule has 14 nitrogen and oxygen atoms in total. The lowest BCUT2D eigenvalue weighted by Crippen LogP contribution is -2.63. The van der Waals surface area contributed by atoms with Crippen LogP contribution in [0.1, 0.15) is 49.5 Å². The second kappa shape index (κ2) is 13.9. The third-order valence-electron chi connectivity index (χ3n) is 9.30. The molecule has 48 heavy (non-hydrogen) atoms. The molecule has 0 spiro atoms. The van der Waals surface area contributed by atoms with Gasteiger partial charge in [-0.2, -0.15) is 4.31 Å². The summed E-state index contributed by atoms with van der Waals surface area (Å²) in [4.78, 5) is 47.9. The van der Waals surface area contributed by atoms with Crippen LogP contribution in [-0.2, 0) is 30.9 Å². The molecule has 2 aromatic carbocycles. The minimum atomic E-state index is -3.66. The number of sulfonamides is 1. The number of anilines is 2. The summed E-state index contributed by atoms with van der Waals surface area (Å²) >= 11 is 0. The maximum absolute atomic E-state index is 13.5. The number of alkyl carbamates (subject to hydrolysis) is 1. The molecule has 0 aliphatic carbocycles. The van der Waals surface area contributed by atoms with Gasteiger partial charge in [0.1, 0.15) is 12.3 Å². The predicted octanol–water partition coefficient (Wildman–Crippen LogP) is 1.97. The van der Waals surface area contributed by atoms with E-state index in [9.17, 15) is 22.8 Å². The minimum Gasteiger partial charge on any atom is -0.444 e. The zero-order valence-electron chi connectivity index (χ0n) is 27.8. The number of nitrogens with zero attached hydrogens (tertiary/aromatic N) is 5. The highest BCUT2D eigenvalue weighted by atomic mass is 32.2. The molecule has 3 saturated heterocycles. The van der Waals surface area contributed by atoms with E-state index >= 15 is 0 Å². The number of fused-ring (bicyclic) bond motifs is 1. The third-order valence-corrected chi connectivity index (χ3v) is 11.2. The zero-order chi connectivity index (χ0) is 34.1. The van der Waals surface area contributed by atoms with Crippen LogP contribution in [0.25, 0.3) is 0 Å². The number of benzene rings is 2. The quantitative estimate of drug-likeness (QED) is 0.217. The molecule has 0 radical (unpaired) electrons. The van der Waals surface area contributed by atoms with Gasteiger partial charge in [-0.3, -0.25) is 14.5 Å². The third kappa shape index (κ3) is 7.53. The van der Waals surface area contributed by atoms with Crippen molar-refractivity contribution in [3.8, 4) is 0 Å². The number of hydrogen-bond acceptors (Lipinski definition) is 10. The average Bonchev–Trinajstić information content (AvgIpc) is 3.34. The van der Waals surface area contributed by atoms with Crippen LogP contribution in [0.3, 0.4) is 0 Å². The van der Waals surface area contributed by atoms with Crippen LogP contribution in [0, 0.1) is 0 Å². The largest absolute Gasteiger partial charge is 0.444 e. The van der Waals surface area contributed by atoms with Crippen LogP contribution >= 0.6 is 0 Å². The Hall–Kier alpha value is -3.92. The van der Waals surface area contributed by atoms with E-state index in [0.717, 1.165) is 56.2 Å². The van der Waals surface area contributed by atoms with E-state index in [2.05, 4.69) is 31.4 Å². The van der Waals surface area contributed by atoms with Crippen LogP contribution in [0.4, 0.5) is 16.2 Å². The number of carbonyl (C=O) groups excluding carboxylic acids is 3. The van der Waals surface area contributed by atoms with E-state index in [1.165, 1.54) is 9.37 Å². The minimum absolute atomic E-state index is 0.0574. The van der Waals surface area contributed by atoms with Crippen molar-refractivity contribution < 1.29 is 32.4 Å². The number of piperazine rings is 1. The van der Waals surface area contributed by atoms with Gasteiger partial charge in [0, 0.05) is 81.4 Å². The predicted molar refractivity (Wildman–Crippen MR) is 179 cm³/mol. The first kappa shape index (κ1) is 34.0. The first-order valence-electron chi connectivity index (χ1n) is 16.5. The van der Waals surface area contributed by atoms with Crippen LogP contribution in [0.15, 0.2) is 47.4 Å². The normalized spacial score (nSPS) is 20.0. The SMILES string of the molecule is CC(C)(C)OC(=O)NC1CCN(S(=O)(=O)c2cccc(N3CC(N4CCN(c5ccc6c(c5)CN(OCNC=O)C6=O)CC4)C3)c2)CC1. The van der Waals surface area contributed by atoms with Gasteiger partial charge in [0.15, 0.2) is 0 Å². The number of carbonyl (C=O) groups is 3. The van der Waals surface area contributed by atoms with Gasteiger partial charge in [0.05, 0.1) is 11.4 Å². The van der Waals surface area contributed by atoms with Crippen molar-refractivity contribution in [2.75, 3.05) is 68.9 Å². The molecule has 3 amide bonds.